The fraction of sp³-hybridized carbons (Fsp3) is 0.368. The van der Waals surface area contributed by atoms with Crippen molar-refractivity contribution in [1.82, 2.24) is 4.90 Å². The van der Waals surface area contributed by atoms with Gasteiger partial charge in [-0.3, -0.25) is 4.90 Å². The van der Waals surface area contributed by atoms with Crippen LogP contribution >= 0.6 is 0 Å². The highest BCUT2D eigenvalue weighted by Crippen LogP contribution is 2.12. The smallest absolute Gasteiger partial charge is 0.117 e. The lowest BCUT2D eigenvalue weighted by Crippen LogP contribution is -2.34. The van der Waals surface area contributed by atoms with Crippen molar-refractivity contribution in [1.29, 1.82) is 0 Å². The number of terminal acetylenes is 1. The van der Waals surface area contributed by atoms with E-state index in [9.17, 15) is 5.11 Å². The summed E-state index contributed by atoms with van der Waals surface area (Å²) in [7, 11) is 0. The Morgan fingerprint density at radius 2 is 2.17 bits per heavy atom. The number of benzene rings is 1. The van der Waals surface area contributed by atoms with E-state index in [2.05, 4.69) is 35.9 Å². The lowest BCUT2D eigenvalue weighted by Gasteiger charge is -2.24. The molecule has 0 saturated heterocycles. The fourth-order valence-electron chi connectivity index (χ4n) is 2.48. The highest BCUT2D eigenvalue weighted by molar-refractivity contribution is 5.22. The van der Waals surface area contributed by atoms with Crippen LogP contribution in [-0.4, -0.2) is 35.9 Å². The molecule has 122 valence electrons. The molecule has 2 aromatic rings. The lowest BCUT2D eigenvalue weighted by molar-refractivity contribution is 0.0230. The normalized spacial score (nSPS) is 12.3. The van der Waals surface area contributed by atoms with Crippen molar-refractivity contribution < 1.29 is 14.3 Å². The van der Waals surface area contributed by atoms with Gasteiger partial charge in [-0.15, -0.1) is 6.42 Å². The second-order valence-corrected chi connectivity index (χ2v) is 5.61. The molecule has 0 aliphatic heterocycles. The van der Waals surface area contributed by atoms with E-state index in [1.807, 2.05) is 18.2 Å². The van der Waals surface area contributed by atoms with Crippen molar-refractivity contribution in [3.05, 3.63) is 59.5 Å². The minimum atomic E-state index is -0.594. The average Bonchev–Trinajstić information content (AvgIpc) is 3.00. The maximum Gasteiger partial charge on any atom is 0.117 e. The molecule has 1 aromatic carbocycles. The summed E-state index contributed by atoms with van der Waals surface area (Å²) in [6, 6.07) is 12.2. The van der Waals surface area contributed by atoms with E-state index in [0.717, 1.165) is 12.3 Å². The van der Waals surface area contributed by atoms with Crippen LogP contribution in [0.25, 0.3) is 0 Å². The van der Waals surface area contributed by atoms with E-state index >= 15 is 0 Å². The third-order valence-corrected chi connectivity index (χ3v) is 3.41. The first-order valence-electron chi connectivity index (χ1n) is 7.67. The van der Waals surface area contributed by atoms with E-state index < -0.39 is 6.10 Å². The number of nitrogens with zero attached hydrogens (tertiary/aromatic N) is 1. The van der Waals surface area contributed by atoms with Crippen LogP contribution in [-0.2, 0) is 17.8 Å². The summed E-state index contributed by atoms with van der Waals surface area (Å²) in [4.78, 5) is 2.14. The zero-order valence-electron chi connectivity index (χ0n) is 13.4. The number of furan rings is 1. The van der Waals surface area contributed by atoms with Gasteiger partial charge in [0.05, 0.1) is 25.5 Å². The molecule has 4 heteroatoms. The van der Waals surface area contributed by atoms with E-state index in [-0.39, 0.29) is 13.2 Å². The van der Waals surface area contributed by atoms with Gasteiger partial charge < -0.3 is 14.3 Å². The molecule has 0 aliphatic rings. The Balaban J connectivity index is 1.98. The largest absolute Gasteiger partial charge is 0.468 e. The molecule has 0 amide bonds. The SMILES string of the molecule is C#CCOC[C@H](O)CN(Cc1cccc(C)c1)Cc1ccco1. The van der Waals surface area contributed by atoms with Gasteiger partial charge in [0.2, 0.25) is 0 Å². The zero-order chi connectivity index (χ0) is 16.5. The van der Waals surface area contributed by atoms with Gasteiger partial charge in [0.1, 0.15) is 12.4 Å². The Bertz CT molecular complexity index is 616. The Kier molecular flexibility index (Phi) is 6.89. The molecule has 1 aromatic heterocycles. The average molecular weight is 313 g/mol. The van der Waals surface area contributed by atoms with Crippen LogP contribution in [0.3, 0.4) is 0 Å². The molecule has 1 N–H and O–H groups in total. The van der Waals surface area contributed by atoms with Crippen LogP contribution in [0.1, 0.15) is 16.9 Å². The monoisotopic (exact) mass is 313 g/mol. The van der Waals surface area contributed by atoms with Gasteiger partial charge >= 0.3 is 0 Å². The summed E-state index contributed by atoms with van der Waals surface area (Å²) in [6.45, 7) is 4.36. The van der Waals surface area contributed by atoms with Crippen LogP contribution in [0.4, 0.5) is 0 Å². The Labute approximate surface area is 137 Å². The van der Waals surface area contributed by atoms with Crippen molar-refractivity contribution >= 4 is 0 Å². The number of ether oxygens (including phenoxy) is 1. The van der Waals surface area contributed by atoms with Gasteiger partial charge in [-0.2, -0.15) is 0 Å². The van der Waals surface area contributed by atoms with Gasteiger partial charge in [-0.05, 0) is 24.6 Å². The van der Waals surface area contributed by atoms with E-state index in [1.54, 1.807) is 6.26 Å². The summed E-state index contributed by atoms with van der Waals surface area (Å²) in [5.41, 5.74) is 2.42. The number of hydrogen-bond acceptors (Lipinski definition) is 4. The van der Waals surface area contributed by atoms with Crippen LogP contribution in [0.5, 0.6) is 0 Å². The first-order chi connectivity index (χ1) is 11.2. The molecule has 2 rings (SSSR count). The zero-order valence-corrected chi connectivity index (χ0v) is 13.4. The molecule has 0 aliphatic carbocycles. The van der Waals surface area contributed by atoms with Crippen molar-refractivity contribution in [3.8, 4) is 12.3 Å². The van der Waals surface area contributed by atoms with Gasteiger partial charge in [0.25, 0.3) is 0 Å². The molecule has 0 spiro atoms. The Morgan fingerprint density at radius 3 is 2.87 bits per heavy atom. The maximum absolute atomic E-state index is 10.1. The highest BCUT2D eigenvalue weighted by Gasteiger charge is 2.14. The number of aliphatic hydroxyl groups excluding tert-OH is 1. The van der Waals surface area contributed by atoms with E-state index in [4.69, 9.17) is 15.6 Å². The van der Waals surface area contributed by atoms with Crippen molar-refractivity contribution in [3.63, 3.8) is 0 Å². The molecule has 4 nitrogen and oxygen atoms in total. The molecule has 0 radical (unpaired) electrons. The second kappa shape index (κ2) is 9.16. The summed E-state index contributed by atoms with van der Waals surface area (Å²) in [6.07, 6.45) is 6.21. The molecule has 0 bridgehead atoms. The molecular formula is C19H23NO3. The topological polar surface area (TPSA) is 45.8 Å². The quantitative estimate of drug-likeness (QED) is 0.571. The Morgan fingerprint density at radius 1 is 1.30 bits per heavy atom. The van der Waals surface area contributed by atoms with Crippen LogP contribution in [0, 0.1) is 19.3 Å². The molecule has 0 unspecified atom stereocenters. The minimum Gasteiger partial charge on any atom is -0.468 e. The predicted molar refractivity (Wildman–Crippen MR) is 89.7 cm³/mol. The highest BCUT2D eigenvalue weighted by atomic mass is 16.5. The fourth-order valence-corrected chi connectivity index (χ4v) is 2.48. The first kappa shape index (κ1) is 17.3. The van der Waals surface area contributed by atoms with Gasteiger partial charge in [-0.25, -0.2) is 0 Å². The number of aliphatic hydroxyl groups is 1. The third-order valence-electron chi connectivity index (χ3n) is 3.41. The summed E-state index contributed by atoms with van der Waals surface area (Å²) < 4.78 is 10.6. The summed E-state index contributed by atoms with van der Waals surface area (Å²) >= 11 is 0. The van der Waals surface area contributed by atoms with Gasteiger partial charge in [0, 0.05) is 13.1 Å². The third kappa shape index (κ3) is 6.29. The maximum atomic E-state index is 10.1. The number of aryl methyl sites for hydroxylation is 1. The standard InChI is InChI=1S/C19H23NO3/c1-3-9-22-15-18(21)13-20(14-19-8-5-10-23-19)12-17-7-4-6-16(2)11-17/h1,4-8,10-11,18,21H,9,12-15H2,2H3/t18-/m1/s1. The van der Waals surface area contributed by atoms with Gasteiger partial charge in [-0.1, -0.05) is 35.7 Å². The summed E-state index contributed by atoms with van der Waals surface area (Å²) in [5.74, 6) is 3.27. The predicted octanol–water partition coefficient (Wildman–Crippen LogP) is 2.60. The first-order valence-corrected chi connectivity index (χ1v) is 7.67. The van der Waals surface area contributed by atoms with Crippen molar-refractivity contribution in [2.24, 2.45) is 0 Å². The van der Waals surface area contributed by atoms with E-state index in [1.165, 1.54) is 11.1 Å². The van der Waals surface area contributed by atoms with Crippen molar-refractivity contribution in [2.45, 2.75) is 26.1 Å². The van der Waals surface area contributed by atoms with E-state index in [0.29, 0.717) is 13.1 Å². The molecular weight excluding hydrogens is 290 g/mol. The summed E-state index contributed by atoms with van der Waals surface area (Å²) in [5, 5.41) is 10.1. The van der Waals surface area contributed by atoms with Crippen molar-refractivity contribution in [2.75, 3.05) is 19.8 Å². The Hall–Kier alpha value is -2.06. The molecule has 0 fully saturated rings. The number of hydrogen-bond donors (Lipinski definition) is 1. The second-order valence-electron chi connectivity index (χ2n) is 5.61. The molecule has 0 saturated carbocycles. The van der Waals surface area contributed by atoms with Gasteiger partial charge in [0.15, 0.2) is 0 Å². The number of rotatable bonds is 9. The molecule has 1 atom stereocenters. The molecule has 23 heavy (non-hydrogen) atoms. The molecule has 1 heterocycles. The minimum absolute atomic E-state index is 0.215. The lowest BCUT2D eigenvalue weighted by atomic mass is 10.1. The van der Waals surface area contributed by atoms with Crippen LogP contribution in [0.2, 0.25) is 0 Å². The van der Waals surface area contributed by atoms with Crippen LogP contribution in [0.15, 0.2) is 47.1 Å². The van der Waals surface area contributed by atoms with Crippen LogP contribution < -0.4 is 0 Å².